The van der Waals surface area contributed by atoms with Crippen LogP contribution in [0.5, 0.6) is 0 Å². The molecule has 2 saturated heterocycles. The van der Waals surface area contributed by atoms with E-state index in [1.807, 2.05) is 41.5 Å². The van der Waals surface area contributed by atoms with Gasteiger partial charge in [0.25, 0.3) is 0 Å². The predicted molar refractivity (Wildman–Crippen MR) is 237 cm³/mol. The third-order valence-electron chi connectivity index (χ3n) is 12.1. The number of carboxylic acids is 1. The van der Waals surface area contributed by atoms with Crippen molar-refractivity contribution in [3.8, 4) is 22.5 Å². The van der Waals surface area contributed by atoms with Crippen molar-refractivity contribution in [2.75, 3.05) is 32.8 Å². The van der Waals surface area contributed by atoms with Gasteiger partial charge >= 0.3 is 43.0 Å². The third-order valence-corrected chi connectivity index (χ3v) is 12.1. The van der Waals surface area contributed by atoms with E-state index in [-0.39, 0.29) is 82.3 Å². The number of imidazole rings is 2. The molecule has 2 amide bonds. The minimum atomic E-state index is -0.998. The second kappa shape index (κ2) is 19.2. The molecule has 2 saturated carbocycles. The van der Waals surface area contributed by atoms with Crippen LogP contribution in [0.2, 0.25) is 0 Å². The smallest absolute Gasteiger partial charge is 0.870 e. The Morgan fingerprint density at radius 1 is 0.652 bits per heavy atom. The van der Waals surface area contributed by atoms with Crippen LogP contribution in [0.15, 0.2) is 48.5 Å². The van der Waals surface area contributed by atoms with E-state index in [0.29, 0.717) is 66.7 Å². The number of hydrogen-bond acceptors (Lipinski definition) is 12. The molecule has 66 heavy (non-hydrogen) atoms. The van der Waals surface area contributed by atoms with Crippen LogP contribution < -0.4 is 18.9 Å². The first kappa shape index (κ1) is 51.2. The Labute approximate surface area is 396 Å². The number of carbonyl (C=O) groups is 6. The number of aromatic nitrogens is 4. The average molecular weight is 903 g/mol. The molecule has 18 heteroatoms. The predicted octanol–water partition coefficient (Wildman–Crippen LogP) is 5.49. The first-order chi connectivity index (χ1) is 30.0. The van der Waals surface area contributed by atoms with Crippen molar-refractivity contribution in [1.82, 2.24) is 29.7 Å². The van der Waals surface area contributed by atoms with Gasteiger partial charge in [-0.25, -0.2) is 29.1 Å². The van der Waals surface area contributed by atoms with Gasteiger partial charge in [-0.05, 0) is 98.4 Å². The summed E-state index contributed by atoms with van der Waals surface area (Å²) in [6.07, 6.45) is 3.09. The third kappa shape index (κ3) is 11.1. The zero-order valence-corrected chi connectivity index (χ0v) is 39.5. The van der Waals surface area contributed by atoms with E-state index in [9.17, 15) is 28.8 Å². The van der Waals surface area contributed by atoms with Crippen LogP contribution in [-0.2, 0) is 14.2 Å². The molecule has 4 aromatic rings. The SMILES string of the molecule is CC(=O)c1[nH]c(C2CC3(C2)CN(C(=O)OC(C)(C)C)C3)nc1-c1ccc(C(=O)O)cc1.CCOC(=O)c1ccc(-c2nc(C3CC4(C3)CN(C(=O)OC(C)(C)C)C4)[nH]c2C(C)=O)cc1.[Li+].[OH-]. The maximum atomic E-state index is 12.3. The number of nitrogens with zero attached hydrogens (tertiary/aromatic N) is 4. The number of benzene rings is 2. The van der Waals surface area contributed by atoms with Crippen LogP contribution in [0.3, 0.4) is 0 Å². The zero-order chi connectivity index (χ0) is 46.5. The van der Waals surface area contributed by atoms with Gasteiger partial charge < -0.3 is 44.6 Å². The Morgan fingerprint density at radius 3 is 1.30 bits per heavy atom. The molecule has 0 bridgehead atoms. The number of Topliss-reactive ketones (excluding diaryl/α,β-unsaturated/α-hetero) is 2. The van der Waals surface area contributed by atoms with Gasteiger partial charge in [0.1, 0.15) is 34.2 Å². The Kier molecular flexibility index (Phi) is 14.9. The van der Waals surface area contributed by atoms with Gasteiger partial charge in [0.05, 0.1) is 29.1 Å². The molecule has 2 aromatic heterocycles. The van der Waals surface area contributed by atoms with E-state index in [4.69, 9.17) is 29.3 Å². The van der Waals surface area contributed by atoms with E-state index in [1.165, 1.54) is 26.0 Å². The minimum absolute atomic E-state index is 0. The molecule has 4 heterocycles. The monoisotopic (exact) mass is 902 g/mol. The van der Waals surface area contributed by atoms with E-state index in [0.717, 1.165) is 42.9 Å². The molecule has 0 atom stereocenters. The van der Waals surface area contributed by atoms with Crippen LogP contribution in [0.4, 0.5) is 9.59 Å². The molecule has 4 aliphatic rings. The summed E-state index contributed by atoms with van der Waals surface area (Å²) in [4.78, 5) is 91.2. The van der Waals surface area contributed by atoms with Gasteiger partial charge in [-0.2, -0.15) is 0 Å². The van der Waals surface area contributed by atoms with Crippen LogP contribution in [0.25, 0.3) is 22.5 Å². The quantitative estimate of drug-likeness (QED) is 0.0816. The van der Waals surface area contributed by atoms with Crippen molar-refractivity contribution in [2.24, 2.45) is 10.8 Å². The van der Waals surface area contributed by atoms with Gasteiger partial charge in [0, 0.05) is 73.8 Å². The summed E-state index contributed by atoms with van der Waals surface area (Å²) in [7, 11) is 0. The Bertz CT molecular complexity index is 2450. The van der Waals surface area contributed by atoms with Crippen molar-refractivity contribution < 1.29 is 72.4 Å². The molecule has 8 rings (SSSR count). The molecule has 4 N–H and O–H groups in total. The molecule has 4 fully saturated rings. The largest absolute Gasteiger partial charge is 1.00 e. The number of nitrogens with one attached hydrogen (secondary N) is 2. The van der Waals surface area contributed by atoms with Crippen LogP contribution in [-0.4, -0.2) is 120 Å². The average Bonchev–Trinajstić information content (AvgIpc) is 3.78. The molecular weight excluding hydrogens is 843 g/mol. The summed E-state index contributed by atoms with van der Waals surface area (Å²) in [6.45, 7) is 19.0. The zero-order valence-electron chi connectivity index (χ0n) is 39.5. The number of carbonyl (C=O) groups excluding carboxylic acids is 5. The summed E-state index contributed by atoms with van der Waals surface area (Å²) < 4.78 is 15.9. The number of amides is 2. The topological polar surface area (TPSA) is 244 Å². The van der Waals surface area contributed by atoms with Crippen LogP contribution in [0, 0.1) is 10.8 Å². The molecular formula is C48H59LiN6O11. The fourth-order valence-electron chi connectivity index (χ4n) is 9.16. The van der Waals surface area contributed by atoms with Crippen LogP contribution >= 0.6 is 0 Å². The van der Waals surface area contributed by atoms with Gasteiger partial charge in [-0.1, -0.05) is 24.3 Å². The van der Waals surface area contributed by atoms with E-state index >= 15 is 0 Å². The van der Waals surface area contributed by atoms with Gasteiger partial charge in [0.2, 0.25) is 0 Å². The van der Waals surface area contributed by atoms with Gasteiger partial charge in [-0.15, -0.1) is 0 Å². The summed E-state index contributed by atoms with van der Waals surface area (Å²) in [5.41, 5.74) is 3.38. The molecule has 2 spiro atoms. The number of likely N-dealkylation sites (tertiary alicyclic amines) is 2. The Balaban J connectivity index is 0.000000241. The number of carboxylic acid groups (broad SMARTS) is 1. The van der Waals surface area contributed by atoms with Crippen molar-refractivity contribution in [2.45, 2.75) is 111 Å². The molecule has 2 aliphatic carbocycles. The Morgan fingerprint density at radius 2 is 1.00 bits per heavy atom. The van der Waals surface area contributed by atoms with E-state index in [2.05, 4.69) is 9.97 Å². The van der Waals surface area contributed by atoms with Crippen molar-refractivity contribution in [3.63, 3.8) is 0 Å². The summed E-state index contributed by atoms with van der Waals surface area (Å²) in [5.74, 6) is 0.398. The summed E-state index contributed by atoms with van der Waals surface area (Å²) in [6, 6.07) is 13.3. The summed E-state index contributed by atoms with van der Waals surface area (Å²) in [5, 5.41) is 9.08. The Hall–Kier alpha value is -5.76. The number of ketones is 2. The standard InChI is InChI=1S/C25H31N3O5.C23H27N3O5.Li.H2O/c1-6-32-22(30)17-9-7-16(8-10-17)20-19(15(2)29)26-21(27-20)18-11-25(12-18)13-28(14-25)23(31)33-24(3,4)5;1-13(27)17-18(14-5-7-15(8-6-14)20(28)29)25-19(24-17)16-9-23(10-16)11-26(12-23)21(30)31-22(2,3)4;;/h7-10,18H,6,11-14H2,1-5H3,(H,26,27);5-8,16H,9-12H2,1-4H3,(H,24,25)(H,28,29);;1H2/q;;+1;/p-1. The number of aromatic amines is 2. The molecule has 2 aliphatic heterocycles. The second-order valence-electron chi connectivity index (χ2n) is 19.9. The number of aromatic carboxylic acids is 1. The number of hydrogen-bond donors (Lipinski definition) is 3. The fourth-order valence-corrected chi connectivity index (χ4v) is 9.16. The first-order valence-electron chi connectivity index (χ1n) is 21.8. The van der Waals surface area contributed by atoms with E-state index in [1.54, 1.807) is 53.1 Å². The summed E-state index contributed by atoms with van der Waals surface area (Å²) >= 11 is 0. The molecule has 0 radical (unpaired) electrons. The normalized spacial score (nSPS) is 17.8. The maximum Gasteiger partial charge on any atom is 1.00 e. The van der Waals surface area contributed by atoms with Gasteiger partial charge in [-0.3, -0.25) is 9.59 Å². The van der Waals surface area contributed by atoms with Gasteiger partial charge in [0.15, 0.2) is 11.6 Å². The molecule has 2 aromatic carbocycles. The molecule has 17 nitrogen and oxygen atoms in total. The molecule has 348 valence electrons. The fraction of sp³-hybridized carbons (Fsp3) is 0.500. The first-order valence-corrected chi connectivity index (χ1v) is 21.8. The molecule has 0 unspecified atom stereocenters. The van der Waals surface area contributed by atoms with Crippen molar-refractivity contribution in [1.29, 1.82) is 0 Å². The van der Waals surface area contributed by atoms with E-state index < -0.39 is 17.2 Å². The van der Waals surface area contributed by atoms with Crippen LogP contribution in [0.1, 0.15) is 153 Å². The maximum absolute atomic E-state index is 12.3. The second-order valence-corrected chi connectivity index (χ2v) is 19.9. The number of rotatable bonds is 9. The number of esters is 1. The van der Waals surface area contributed by atoms with Crippen molar-refractivity contribution >= 4 is 35.7 Å². The minimum Gasteiger partial charge on any atom is -0.870 e. The number of ether oxygens (including phenoxy) is 3. The number of H-pyrrole nitrogens is 2. The van der Waals surface area contributed by atoms with Crippen molar-refractivity contribution in [3.05, 3.63) is 82.7 Å².